The van der Waals surface area contributed by atoms with Crippen molar-refractivity contribution in [3.63, 3.8) is 0 Å². The molecule has 0 atom stereocenters. The summed E-state index contributed by atoms with van der Waals surface area (Å²) in [4.78, 5) is 0. The van der Waals surface area contributed by atoms with Crippen LogP contribution in [0, 0.1) is 3.57 Å². The highest BCUT2D eigenvalue weighted by Crippen LogP contribution is 2.15. The highest BCUT2D eigenvalue weighted by molar-refractivity contribution is 14.1. The number of aromatic nitrogens is 3. The van der Waals surface area contributed by atoms with Gasteiger partial charge >= 0.3 is 0 Å². The first-order valence-corrected chi connectivity index (χ1v) is 4.18. The van der Waals surface area contributed by atoms with Gasteiger partial charge in [-0.3, -0.25) is 0 Å². The second kappa shape index (κ2) is 2.69. The lowest BCUT2D eigenvalue weighted by atomic mass is 10.2. The molecule has 0 aliphatic rings. The number of rotatable bonds is 0. The Bertz CT molecular complexity index is 383. The summed E-state index contributed by atoms with van der Waals surface area (Å²) in [5.41, 5.74) is 0.920. The molecule has 0 N–H and O–H groups in total. The summed E-state index contributed by atoms with van der Waals surface area (Å²) in [5.74, 6) is 0. The van der Waals surface area contributed by atoms with Crippen LogP contribution >= 0.6 is 22.6 Å². The highest BCUT2D eigenvalue weighted by Gasteiger charge is 1.97. The van der Waals surface area contributed by atoms with Crippen LogP contribution in [0.4, 0.5) is 0 Å². The van der Waals surface area contributed by atoms with Crippen molar-refractivity contribution >= 4 is 33.5 Å². The van der Waals surface area contributed by atoms with E-state index in [1.165, 1.54) is 0 Å². The van der Waals surface area contributed by atoms with Crippen LogP contribution in [0.5, 0.6) is 0 Å². The molecule has 0 amide bonds. The topological polar surface area (TPSA) is 38.7 Å². The van der Waals surface area contributed by atoms with Gasteiger partial charge in [-0.15, -0.1) is 10.2 Å². The van der Waals surface area contributed by atoms with E-state index >= 15 is 0 Å². The lowest BCUT2D eigenvalue weighted by Crippen LogP contribution is -1.88. The fourth-order valence-corrected chi connectivity index (χ4v) is 1.53. The van der Waals surface area contributed by atoms with Gasteiger partial charge in [-0.05, 0) is 33.9 Å². The Kier molecular flexibility index (Phi) is 1.69. The summed E-state index contributed by atoms with van der Waals surface area (Å²) >= 11 is 2.23. The molecule has 0 unspecified atom stereocenters. The molecule has 11 heavy (non-hydrogen) atoms. The molecule has 4 heteroatoms. The molecule has 0 aliphatic heterocycles. The molecule has 0 fully saturated rings. The predicted octanol–water partition coefficient (Wildman–Crippen LogP) is 1.63. The van der Waals surface area contributed by atoms with Crippen molar-refractivity contribution in [3.8, 4) is 0 Å². The highest BCUT2D eigenvalue weighted by atomic mass is 127. The van der Waals surface area contributed by atoms with Gasteiger partial charge in [0.25, 0.3) is 0 Å². The Morgan fingerprint density at radius 1 is 1.27 bits per heavy atom. The number of halogens is 1. The minimum atomic E-state index is 0.920. The molecular weight excluding hydrogens is 253 g/mol. The first-order valence-electron chi connectivity index (χ1n) is 3.10. The molecule has 0 spiro atoms. The molecule has 0 bridgehead atoms. The minimum absolute atomic E-state index is 0.920. The van der Waals surface area contributed by atoms with Crippen molar-refractivity contribution in [2.75, 3.05) is 0 Å². The second-order valence-electron chi connectivity index (χ2n) is 2.11. The Morgan fingerprint density at radius 3 is 3.00 bits per heavy atom. The zero-order valence-electron chi connectivity index (χ0n) is 5.53. The molecule has 3 nitrogen and oxygen atoms in total. The van der Waals surface area contributed by atoms with E-state index in [4.69, 9.17) is 0 Å². The normalized spacial score (nSPS) is 10.3. The van der Waals surface area contributed by atoms with E-state index in [0.29, 0.717) is 0 Å². The van der Waals surface area contributed by atoms with Crippen LogP contribution in [0.25, 0.3) is 10.9 Å². The molecule has 54 valence electrons. The summed E-state index contributed by atoms with van der Waals surface area (Å²) in [5, 5.41) is 12.2. The standard InChI is InChI=1S/C7H4IN3/c8-6-3-1-2-5-4-9-11-10-7(5)6/h1-4H. The lowest BCUT2D eigenvalue weighted by molar-refractivity contribution is 0.894. The number of hydrogen-bond donors (Lipinski definition) is 0. The largest absolute Gasteiger partial charge is 0.138 e. The molecule has 0 saturated heterocycles. The zero-order valence-corrected chi connectivity index (χ0v) is 7.69. The van der Waals surface area contributed by atoms with Crippen molar-refractivity contribution in [2.24, 2.45) is 0 Å². The average Bonchev–Trinajstić information content (AvgIpc) is 2.06. The summed E-state index contributed by atoms with van der Waals surface area (Å²) in [7, 11) is 0. The third-order valence-electron chi connectivity index (χ3n) is 1.41. The predicted molar refractivity (Wildman–Crippen MR) is 50.1 cm³/mol. The Hall–Kier alpha value is -0.780. The van der Waals surface area contributed by atoms with Crippen LogP contribution in [-0.4, -0.2) is 15.4 Å². The molecule has 0 saturated carbocycles. The van der Waals surface area contributed by atoms with Crippen LogP contribution in [0.15, 0.2) is 24.4 Å². The number of hydrogen-bond acceptors (Lipinski definition) is 3. The Balaban J connectivity index is 2.91. The van der Waals surface area contributed by atoms with Gasteiger partial charge in [-0.1, -0.05) is 12.1 Å². The maximum Gasteiger partial charge on any atom is 0.110 e. The van der Waals surface area contributed by atoms with Gasteiger partial charge in [0, 0.05) is 8.96 Å². The Labute approximate surface area is 77.0 Å². The van der Waals surface area contributed by atoms with Crippen molar-refractivity contribution in [3.05, 3.63) is 28.0 Å². The van der Waals surface area contributed by atoms with Crippen LogP contribution in [0.1, 0.15) is 0 Å². The smallest absolute Gasteiger partial charge is 0.110 e. The van der Waals surface area contributed by atoms with E-state index < -0.39 is 0 Å². The van der Waals surface area contributed by atoms with Crippen LogP contribution in [0.2, 0.25) is 0 Å². The minimum Gasteiger partial charge on any atom is -0.138 e. The van der Waals surface area contributed by atoms with Gasteiger partial charge in [0.15, 0.2) is 0 Å². The zero-order chi connectivity index (χ0) is 7.68. The monoisotopic (exact) mass is 257 g/mol. The summed E-state index contributed by atoms with van der Waals surface area (Å²) in [6.45, 7) is 0. The van der Waals surface area contributed by atoms with Gasteiger partial charge in [-0.25, -0.2) is 0 Å². The van der Waals surface area contributed by atoms with Crippen LogP contribution in [-0.2, 0) is 0 Å². The van der Waals surface area contributed by atoms with E-state index in [0.717, 1.165) is 14.5 Å². The van der Waals surface area contributed by atoms with Crippen LogP contribution in [0.3, 0.4) is 0 Å². The van der Waals surface area contributed by atoms with Gasteiger partial charge in [0.05, 0.1) is 6.20 Å². The molecular formula is C7H4IN3. The first-order chi connectivity index (χ1) is 5.38. The van der Waals surface area contributed by atoms with E-state index in [2.05, 4.69) is 38.0 Å². The van der Waals surface area contributed by atoms with Crippen LogP contribution < -0.4 is 0 Å². The third kappa shape index (κ3) is 1.18. The molecule has 1 heterocycles. The third-order valence-corrected chi connectivity index (χ3v) is 2.28. The lowest BCUT2D eigenvalue weighted by Gasteiger charge is -1.94. The number of benzene rings is 1. The molecule has 0 radical (unpaired) electrons. The first kappa shape index (κ1) is 6.90. The van der Waals surface area contributed by atoms with Gasteiger partial charge in [0.2, 0.25) is 0 Å². The van der Waals surface area contributed by atoms with Gasteiger partial charge in [0.1, 0.15) is 5.52 Å². The second-order valence-corrected chi connectivity index (χ2v) is 3.27. The van der Waals surface area contributed by atoms with E-state index in [1.54, 1.807) is 6.20 Å². The van der Waals surface area contributed by atoms with E-state index in [1.807, 2.05) is 18.2 Å². The van der Waals surface area contributed by atoms with Crippen molar-refractivity contribution < 1.29 is 0 Å². The maximum absolute atomic E-state index is 3.91. The van der Waals surface area contributed by atoms with E-state index in [-0.39, 0.29) is 0 Å². The number of nitrogens with zero attached hydrogens (tertiary/aromatic N) is 3. The fraction of sp³-hybridized carbons (Fsp3) is 0. The summed E-state index contributed by atoms with van der Waals surface area (Å²) in [6, 6.07) is 5.95. The number of fused-ring (bicyclic) bond motifs is 1. The molecule has 1 aromatic heterocycles. The molecule has 2 aromatic rings. The molecule has 1 aromatic carbocycles. The maximum atomic E-state index is 3.91. The average molecular weight is 257 g/mol. The van der Waals surface area contributed by atoms with Crippen molar-refractivity contribution in [1.29, 1.82) is 0 Å². The SMILES string of the molecule is Ic1cccc2cnnnc12. The summed E-state index contributed by atoms with van der Waals surface area (Å²) in [6.07, 6.45) is 1.71. The fourth-order valence-electron chi connectivity index (χ4n) is 0.900. The van der Waals surface area contributed by atoms with Crippen molar-refractivity contribution in [1.82, 2.24) is 15.4 Å². The van der Waals surface area contributed by atoms with Crippen molar-refractivity contribution in [2.45, 2.75) is 0 Å². The summed E-state index contributed by atoms with van der Waals surface area (Å²) < 4.78 is 1.11. The molecule has 0 aliphatic carbocycles. The molecule has 2 rings (SSSR count). The van der Waals surface area contributed by atoms with E-state index in [9.17, 15) is 0 Å². The van der Waals surface area contributed by atoms with Gasteiger partial charge < -0.3 is 0 Å². The Morgan fingerprint density at radius 2 is 2.18 bits per heavy atom. The van der Waals surface area contributed by atoms with Gasteiger partial charge in [-0.2, -0.15) is 0 Å². The quantitative estimate of drug-likeness (QED) is 0.673.